The van der Waals surface area contributed by atoms with Gasteiger partial charge in [-0.2, -0.15) is 0 Å². The zero-order valence-electron chi connectivity index (χ0n) is 12.9. The Morgan fingerprint density at radius 2 is 2.09 bits per heavy atom. The van der Waals surface area contributed by atoms with Crippen molar-refractivity contribution >= 4 is 36.5 Å². The van der Waals surface area contributed by atoms with E-state index < -0.39 is 0 Å². The molecule has 126 valence electrons. The predicted molar refractivity (Wildman–Crippen MR) is 92.7 cm³/mol. The van der Waals surface area contributed by atoms with Gasteiger partial charge >= 0.3 is 0 Å². The van der Waals surface area contributed by atoms with Crippen LogP contribution in [0.1, 0.15) is 10.4 Å². The summed E-state index contributed by atoms with van der Waals surface area (Å²) in [5, 5.41) is 3.05. The number of hydrogen-bond donors (Lipinski definition) is 1. The number of hydrogen-bond acceptors (Lipinski definition) is 5. The number of pyridine rings is 1. The molecule has 0 aromatic carbocycles. The number of ether oxygens (including phenoxy) is 1. The maximum atomic E-state index is 12.5. The van der Waals surface area contributed by atoms with E-state index in [1.807, 2.05) is 26.2 Å². The topological polar surface area (TPSA) is 57.7 Å². The molecule has 1 aromatic heterocycles. The molecule has 0 atom stereocenters. The molecular formula is C14H24Cl2N4O2. The van der Waals surface area contributed by atoms with Crippen LogP contribution in [0.15, 0.2) is 18.3 Å². The Morgan fingerprint density at radius 1 is 1.41 bits per heavy atom. The fraction of sp³-hybridized carbons (Fsp3) is 0.571. The minimum absolute atomic E-state index is 0. The SMILES string of the molecule is CNCCN(C)C(=O)c1cccnc1N1CCOCC1.Cl.Cl. The van der Waals surface area contributed by atoms with Crippen molar-refractivity contribution in [2.24, 2.45) is 0 Å². The third-order valence-electron chi connectivity index (χ3n) is 3.37. The summed E-state index contributed by atoms with van der Waals surface area (Å²) in [4.78, 5) is 20.7. The first-order chi connectivity index (χ1) is 9.74. The number of carbonyl (C=O) groups is 1. The number of anilines is 1. The lowest BCUT2D eigenvalue weighted by Gasteiger charge is -2.29. The molecule has 1 aliphatic rings. The molecule has 1 fully saturated rings. The van der Waals surface area contributed by atoms with Crippen LogP contribution >= 0.6 is 24.8 Å². The number of nitrogens with one attached hydrogen (secondary N) is 1. The van der Waals surface area contributed by atoms with Gasteiger partial charge in [0, 0.05) is 39.4 Å². The third kappa shape index (κ3) is 5.28. The number of carbonyl (C=O) groups excluding carboxylic acids is 1. The summed E-state index contributed by atoms with van der Waals surface area (Å²) in [6.45, 7) is 4.36. The lowest BCUT2D eigenvalue weighted by molar-refractivity contribution is 0.0795. The van der Waals surface area contributed by atoms with Crippen molar-refractivity contribution in [3.05, 3.63) is 23.9 Å². The van der Waals surface area contributed by atoms with Crippen LogP contribution in [0.5, 0.6) is 0 Å². The van der Waals surface area contributed by atoms with E-state index in [4.69, 9.17) is 4.74 Å². The highest BCUT2D eigenvalue weighted by molar-refractivity contribution is 5.98. The van der Waals surface area contributed by atoms with Crippen molar-refractivity contribution in [3.63, 3.8) is 0 Å². The zero-order valence-corrected chi connectivity index (χ0v) is 14.6. The average molecular weight is 351 g/mol. The molecule has 2 heterocycles. The Kier molecular flexibility index (Phi) is 10.1. The largest absolute Gasteiger partial charge is 0.378 e. The Hall–Kier alpha value is -1.08. The van der Waals surface area contributed by atoms with Crippen LogP contribution in [-0.2, 0) is 4.74 Å². The van der Waals surface area contributed by atoms with Crippen LogP contribution in [0.4, 0.5) is 5.82 Å². The quantitative estimate of drug-likeness (QED) is 0.860. The van der Waals surface area contributed by atoms with E-state index in [1.165, 1.54) is 0 Å². The van der Waals surface area contributed by atoms with Crippen molar-refractivity contribution in [2.45, 2.75) is 0 Å². The smallest absolute Gasteiger partial charge is 0.257 e. The van der Waals surface area contributed by atoms with Crippen LogP contribution in [0.25, 0.3) is 0 Å². The van der Waals surface area contributed by atoms with Crippen molar-refractivity contribution < 1.29 is 9.53 Å². The highest BCUT2D eigenvalue weighted by Gasteiger charge is 2.21. The highest BCUT2D eigenvalue weighted by Crippen LogP contribution is 2.19. The predicted octanol–water partition coefficient (Wildman–Crippen LogP) is 1.05. The Labute approximate surface area is 144 Å². The lowest BCUT2D eigenvalue weighted by Crippen LogP contribution is -2.39. The number of halogens is 2. The molecule has 8 heteroatoms. The van der Waals surface area contributed by atoms with Gasteiger partial charge in [-0.05, 0) is 19.2 Å². The van der Waals surface area contributed by atoms with E-state index in [1.54, 1.807) is 11.1 Å². The summed E-state index contributed by atoms with van der Waals surface area (Å²) < 4.78 is 5.35. The van der Waals surface area contributed by atoms with Crippen molar-refractivity contribution in [3.8, 4) is 0 Å². The number of aromatic nitrogens is 1. The van der Waals surface area contributed by atoms with E-state index in [-0.39, 0.29) is 30.7 Å². The molecule has 0 bridgehead atoms. The van der Waals surface area contributed by atoms with Gasteiger partial charge in [0.15, 0.2) is 0 Å². The lowest BCUT2D eigenvalue weighted by atomic mass is 10.2. The average Bonchev–Trinajstić information content (AvgIpc) is 2.52. The number of amides is 1. The van der Waals surface area contributed by atoms with Gasteiger partial charge in [0.25, 0.3) is 5.91 Å². The Morgan fingerprint density at radius 3 is 2.73 bits per heavy atom. The molecule has 0 radical (unpaired) electrons. The summed E-state index contributed by atoms with van der Waals surface area (Å²) in [6.07, 6.45) is 1.73. The molecule has 0 aliphatic carbocycles. The van der Waals surface area contributed by atoms with Gasteiger partial charge in [-0.1, -0.05) is 0 Å². The fourth-order valence-electron chi connectivity index (χ4n) is 2.18. The number of likely N-dealkylation sites (N-methyl/N-ethyl adjacent to an activating group) is 2. The molecule has 6 nitrogen and oxygen atoms in total. The first-order valence-corrected chi connectivity index (χ1v) is 6.92. The van der Waals surface area contributed by atoms with E-state index in [0.717, 1.165) is 25.5 Å². The third-order valence-corrected chi connectivity index (χ3v) is 3.37. The van der Waals surface area contributed by atoms with Crippen molar-refractivity contribution in [1.82, 2.24) is 15.2 Å². The standard InChI is InChI=1S/C14H22N4O2.2ClH/c1-15-6-7-17(2)14(19)12-4-3-5-16-13(12)18-8-10-20-11-9-18;;/h3-5,15H,6-11H2,1-2H3;2*1H. The first kappa shape index (κ1) is 20.9. The maximum Gasteiger partial charge on any atom is 0.257 e. The van der Waals surface area contributed by atoms with E-state index in [0.29, 0.717) is 25.3 Å². The van der Waals surface area contributed by atoms with E-state index in [2.05, 4.69) is 15.2 Å². The number of nitrogens with zero attached hydrogens (tertiary/aromatic N) is 3. The molecule has 0 spiro atoms. The summed E-state index contributed by atoms with van der Waals surface area (Å²) in [6, 6.07) is 3.65. The van der Waals surface area contributed by atoms with Crippen LogP contribution in [0.3, 0.4) is 0 Å². The Bertz CT molecular complexity index is 456. The molecule has 1 saturated heterocycles. The minimum atomic E-state index is 0. The molecule has 1 aliphatic heterocycles. The van der Waals surface area contributed by atoms with Crippen LogP contribution < -0.4 is 10.2 Å². The molecular weight excluding hydrogens is 327 g/mol. The summed E-state index contributed by atoms with van der Waals surface area (Å²) in [5.41, 5.74) is 0.660. The van der Waals surface area contributed by atoms with Gasteiger partial charge in [-0.25, -0.2) is 4.98 Å². The maximum absolute atomic E-state index is 12.5. The molecule has 0 unspecified atom stereocenters. The fourth-order valence-corrected chi connectivity index (χ4v) is 2.18. The van der Waals surface area contributed by atoms with Gasteiger partial charge in [-0.3, -0.25) is 4.79 Å². The summed E-state index contributed by atoms with van der Waals surface area (Å²) in [5.74, 6) is 0.770. The van der Waals surface area contributed by atoms with Gasteiger partial charge in [-0.15, -0.1) is 24.8 Å². The number of rotatable bonds is 5. The van der Waals surface area contributed by atoms with Gasteiger partial charge in [0.05, 0.1) is 18.8 Å². The molecule has 1 aromatic rings. The molecule has 1 N–H and O–H groups in total. The van der Waals surface area contributed by atoms with Crippen LogP contribution in [-0.4, -0.2) is 69.3 Å². The first-order valence-electron chi connectivity index (χ1n) is 6.92. The molecule has 0 saturated carbocycles. The van der Waals surface area contributed by atoms with Crippen LogP contribution in [0.2, 0.25) is 0 Å². The monoisotopic (exact) mass is 350 g/mol. The molecule has 2 rings (SSSR count). The number of morpholine rings is 1. The van der Waals surface area contributed by atoms with Gasteiger partial charge < -0.3 is 19.9 Å². The van der Waals surface area contributed by atoms with Crippen molar-refractivity contribution in [1.29, 1.82) is 0 Å². The molecule has 1 amide bonds. The normalized spacial score (nSPS) is 13.8. The second-order valence-corrected chi connectivity index (χ2v) is 4.80. The van der Waals surface area contributed by atoms with Crippen LogP contribution in [0, 0.1) is 0 Å². The molecule has 22 heavy (non-hydrogen) atoms. The zero-order chi connectivity index (χ0) is 14.4. The van der Waals surface area contributed by atoms with E-state index in [9.17, 15) is 4.79 Å². The second-order valence-electron chi connectivity index (χ2n) is 4.80. The van der Waals surface area contributed by atoms with Crippen molar-refractivity contribution in [2.75, 3.05) is 58.4 Å². The summed E-state index contributed by atoms with van der Waals surface area (Å²) in [7, 11) is 3.69. The summed E-state index contributed by atoms with van der Waals surface area (Å²) >= 11 is 0. The van der Waals surface area contributed by atoms with Gasteiger partial charge in [0.2, 0.25) is 0 Å². The minimum Gasteiger partial charge on any atom is -0.378 e. The second kappa shape index (κ2) is 10.6. The Balaban J connectivity index is 0.00000220. The van der Waals surface area contributed by atoms with Gasteiger partial charge in [0.1, 0.15) is 5.82 Å². The highest BCUT2D eigenvalue weighted by atomic mass is 35.5. The van der Waals surface area contributed by atoms with E-state index >= 15 is 0 Å².